The molecule has 0 bridgehead atoms. The minimum Gasteiger partial charge on any atom is -0.503 e. The van der Waals surface area contributed by atoms with Crippen LogP contribution >= 0.6 is 0 Å². The highest BCUT2D eigenvalue weighted by molar-refractivity contribution is 5.65. The first kappa shape index (κ1) is 15.9. The van der Waals surface area contributed by atoms with Gasteiger partial charge in [0.05, 0.1) is 18.0 Å². The van der Waals surface area contributed by atoms with Gasteiger partial charge in [0.1, 0.15) is 0 Å². The number of aromatic nitrogens is 2. The van der Waals surface area contributed by atoms with E-state index in [0.29, 0.717) is 11.4 Å². The Balaban J connectivity index is 2.14. The summed E-state index contributed by atoms with van der Waals surface area (Å²) in [5.41, 5.74) is 1.95. The van der Waals surface area contributed by atoms with E-state index in [4.69, 9.17) is 0 Å². The lowest BCUT2D eigenvalue weighted by Gasteiger charge is -2.16. The molecule has 1 atom stereocenters. The Morgan fingerprint density at radius 1 is 1.17 bits per heavy atom. The zero-order chi connectivity index (χ0) is 17.3. The van der Waals surface area contributed by atoms with Crippen molar-refractivity contribution in [3.63, 3.8) is 0 Å². The van der Waals surface area contributed by atoms with Crippen molar-refractivity contribution in [1.82, 2.24) is 9.55 Å². The van der Waals surface area contributed by atoms with Gasteiger partial charge in [0, 0.05) is 23.5 Å². The molecule has 0 aliphatic carbocycles. The summed E-state index contributed by atoms with van der Waals surface area (Å²) in [6.45, 7) is 1.54. The minimum atomic E-state index is -0.894. The monoisotopic (exact) mass is 326 g/mol. The van der Waals surface area contributed by atoms with Gasteiger partial charge in [0.2, 0.25) is 11.4 Å². The molecular weight excluding hydrogens is 311 g/mol. The fraction of sp³-hybridized carbons (Fsp3) is 0.111. The average Bonchev–Trinajstić information content (AvgIpc) is 2.57. The van der Waals surface area contributed by atoms with Gasteiger partial charge in [0.25, 0.3) is 0 Å². The lowest BCUT2D eigenvalue weighted by atomic mass is 10.1. The third-order valence-electron chi connectivity index (χ3n) is 3.67. The van der Waals surface area contributed by atoms with Gasteiger partial charge in [-0.25, -0.2) is 4.98 Å². The van der Waals surface area contributed by atoms with Crippen LogP contribution in [-0.4, -0.2) is 19.8 Å². The standard InChI is InChI=1S/C18H15FN2O3/c1-11(22)15-8-16(23)17(24)10-21(15)14-4-2-3-12(7-14)13-5-6-18(19)20-9-13/h2-11,22,24H,1H3. The molecule has 0 radical (unpaired) electrons. The second-order valence-corrected chi connectivity index (χ2v) is 5.41. The number of halogens is 1. The molecule has 2 N–H and O–H groups in total. The van der Waals surface area contributed by atoms with E-state index in [-0.39, 0.29) is 0 Å². The van der Waals surface area contributed by atoms with Crippen LogP contribution < -0.4 is 5.43 Å². The normalized spacial score (nSPS) is 12.1. The lowest BCUT2D eigenvalue weighted by molar-refractivity contribution is 0.191. The first-order valence-electron chi connectivity index (χ1n) is 7.31. The fourth-order valence-electron chi connectivity index (χ4n) is 2.47. The lowest BCUT2D eigenvalue weighted by Crippen LogP contribution is -2.13. The molecule has 1 aromatic carbocycles. The van der Waals surface area contributed by atoms with E-state index < -0.39 is 23.2 Å². The van der Waals surface area contributed by atoms with Gasteiger partial charge in [-0.2, -0.15) is 4.39 Å². The second-order valence-electron chi connectivity index (χ2n) is 5.41. The highest BCUT2D eigenvalue weighted by Gasteiger charge is 2.12. The van der Waals surface area contributed by atoms with Gasteiger partial charge < -0.3 is 14.8 Å². The van der Waals surface area contributed by atoms with Crippen molar-refractivity contribution < 1.29 is 14.6 Å². The van der Waals surface area contributed by atoms with Crippen LogP contribution in [0, 0.1) is 5.95 Å². The molecule has 122 valence electrons. The molecule has 0 saturated heterocycles. The summed E-state index contributed by atoms with van der Waals surface area (Å²) in [7, 11) is 0. The van der Waals surface area contributed by atoms with Gasteiger partial charge in [-0.3, -0.25) is 4.79 Å². The number of hydrogen-bond acceptors (Lipinski definition) is 4. The highest BCUT2D eigenvalue weighted by atomic mass is 19.1. The first-order valence-corrected chi connectivity index (χ1v) is 7.31. The predicted molar refractivity (Wildman–Crippen MR) is 87.5 cm³/mol. The third-order valence-corrected chi connectivity index (χ3v) is 3.67. The first-order chi connectivity index (χ1) is 11.5. The maximum Gasteiger partial charge on any atom is 0.223 e. The van der Waals surface area contributed by atoms with Crippen LogP contribution in [0.3, 0.4) is 0 Å². The van der Waals surface area contributed by atoms with Gasteiger partial charge in [-0.15, -0.1) is 0 Å². The SMILES string of the molecule is CC(O)c1cc(=O)c(O)cn1-c1cccc(-c2ccc(F)nc2)c1. The van der Waals surface area contributed by atoms with Gasteiger partial charge >= 0.3 is 0 Å². The van der Waals surface area contributed by atoms with Crippen molar-refractivity contribution in [1.29, 1.82) is 0 Å². The summed E-state index contributed by atoms with van der Waals surface area (Å²) < 4.78 is 14.5. The molecule has 0 aliphatic rings. The van der Waals surface area contributed by atoms with E-state index in [1.54, 1.807) is 28.8 Å². The molecule has 6 heteroatoms. The van der Waals surface area contributed by atoms with Crippen molar-refractivity contribution in [2.75, 3.05) is 0 Å². The molecule has 24 heavy (non-hydrogen) atoms. The fourth-order valence-corrected chi connectivity index (χ4v) is 2.47. The Bertz CT molecular complexity index is 934. The van der Waals surface area contributed by atoms with Gasteiger partial charge in [0.15, 0.2) is 5.75 Å². The Morgan fingerprint density at radius 2 is 1.96 bits per heavy atom. The number of aliphatic hydroxyl groups is 1. The molecule has 0 aliphatic heterocycles. The summed E-state index contributed by atoms with van der Waals surface area (Å²) in [5, 5.41) is 19.6. The van der Waals surface area contributed by atoms with Crippen molar-refractivity contribution in [2.45, 2.75) is 13.0 Å². The molecule has 0 saturated carbocycles. The van der Waals surface area contributed by atoms with Crippen molar-refractivity contribution in [3.05, 3.63) is 76.7 Å². The van der Waals surface area contributed by atoms with Crippen molar-refractivity contribution in [2.24, 2.45) is 0 Å². The maximum absolute atomic E-state index is 13.0. The van der Waals surface area contributed by atoms with Crippen LogP contribution in [0.2, 0.25) is 0 Å². The van der Waals surface area contributed by atoms with Crippen LogP contribution in [0.5, 0.6) is 5.75 Å². The number of aromatic hydroxyl groups is 1. The van der Waals surface area contributed by atoms with Crippen molar-refractivity contribution >= 4 is 0 Å². The molecule has 3 rings (SSSR count). The van der Waals surface area contributed by atoms with Gasteiger partial charge in [-0.1, -0.05) is 12.1 Å². The Kier molecular flexibility index (Phi) is 4.14. The zero-order valence-corrected chi connectivity index (χ0v) is 12.8. The molecule has 1 unspecified atom stereocenters. The van der Waals surface area contributed by atoms with Crippen LogP contribution in [-0.2, 0) is 0 Å². The topological polar surface area (TPSA) is 75.3 Å². The van der Waals surface area contributed by atoms with Crippen LogP contribution in [0.1, 0.15) is 18.7 Å². The summed E-state index contributed by atoms with van der Waals surface area (Å²) in [4.78, 5) is 15.3. The van der Waals surface area contributed by atoms with E-state index >= 15 is 0 Å². The highest BCUT2D eigenvalue weighted by Crippen LogP contribution is 2.24. The average molecular weight is 326 g/mol. The number of pyridine rings is 2. The molecule has 5 nitrogen and oxygen atoms in total. The van der Waals surface area contributed by atoms with Crippen LogP contribution in [0.15, 0.2) is 59.7 Å². The maximum atomic E-state index is 13.0. The molecule has 2 aromatic heterocycles. The molecular formula is C18H15FN2O3. The Morgan fingerprint density at radius 3 is 2.62 bits per heavy atom. The van der Waals surface area contributed by atoms with E-state index in [0.717, 1.165) is 11.1 Å². The quantitative estimate of drug-likeness (QED) is 0.726. The smallest absolute Gasteiger partial charge is 0.223 e. The number of nitrogens with zero attached hydrogens (tertiary/aromatic N) is 2. The van der Waals surface area contributed by atoms with Crippen molar-refractivity contribution in [3.8, 4) is 22.6 Å². The predicted octanol–water partition coefficient (Wildman–Crippen LogP) is 2.80. The zero-order valence-electron chi connectivity index (χ0n) is 12.8. The summed E-state index contributed by atoms with van der Waals surface area (Å²) in [6, 6.07) is 11.3. The van der Waals surface area contributed by atoms with E-state index in [9.17, 15) is 19.4 Å². The van der Waals surface area contributed by atoms with E-state index in [1.165, 1.54) is 31.5 Å². The second kappa shape index (κ2) is 6.25. The molecule has 2 heterocycles. The molecule has 0 amide bonds. The third kappa shape index (κ3) is 3.04. The summed E-state index contributed by atoms with van der Waals surface area (Å²) in [5.74, 6) is -0.968. The van der Waals surface area contributed by atoms with E-state index in [1.807, 2.05) is 6.07 Å². The molecule has 0 fully saturated rings. The number of rotatable bonds is 3. The number of aliphatic hydroxyl groups excluding tert-OH is 1. The van der Waals surface area contributed by atoms with Crippen LogP contribution in [0.25, 0.3) is 16.8 Å². The number of hydrogen-bond donors (Lipinski definition) is 2. The largest absolute Gasteiger partial charge is 0.503 e. The Labute approximate surface area is 137 Å². The molecule has 3 aromatic rings. The Hall–Kier alpha value is -2.99. The molecule has 0 spiro atoms. The summed E-state index contributed by atoms with van der Waals surface area (Å²) >= 11 is 0. The van der Waals surface area contributed by atoms with Gasteiger partial charge in [-0.05, 0) is 36.8 Å². The minimum absolute atomic E-state index is 0.354. The summed E-state index contributed by atoms with van der Waals surface area (Å²) in [6.07, 6.45) is 1.80. The van der Waals surface area contributed by atoms with Crippen LogP contribution in [0.4, 0.5) is 4.39 Å². The number of benzene rings is 1. The van der Waals surface area contributed by atoms with E-state index in [2.05, 4.69) is 4.98 Å².